The van der Waals surface area contributed by atoms with Gasteiger partial charge in [0.05, 0.1) is 24.3 Å². The molecule has 2 rings (SSSR count). The van der Waals surface area contributed by atoms with Crippen molar-refractivity contribution >= 4 is 41.7 Å². The Hall–Kier alpha value is -1.56. The molecule has 0 aliphatic rings. The molecule has 0 spiro atoms. The summed E-state index contributed by atoms with van der Waals surface area (Å²) in [6.45, 7) is 10.3. The molecule has 7 heteroatoms. The topological polar surface area (TPSA) is 51.7 Å². The number of hydrogen-bond acceptors (Lipinski definition) is 5. The highest BCUT2D eigenvalue weighted by Crippen LogP contribution is 2.21. The number of benzene rings is 1. The minimum Gasteiger partial charge on any atom is -0.494 e. The summed E-state index contributed by atoms with van der Waals surface area (Å²) in [5.41, 5.74) is 1.29. The van der Waals surface area contributed by atoms with Crippen molar-refractivity contribution < 1.29 is 14.3 Å². The van der Waals surface area contributed by atoms with Gasteiger partial charge in [0.1, 0.15) is 5.75 Å². The van der Waals surface area contributed by atoms with Crippen LogP contribution < -0.4 is 4.74 Å². The monoisotopic (exact) mass is 402 g/mol. The zero-order valence-electron chi connectivity index (χ0n) is 15.6. The smallest absolute Gasteiger partial charge is 0.339 e. The first-order chi connectivity index (χ1) is 11.7. The van der Waals surface area contributed by atoms with E-state index in [1.54, 1.807) is 19.2 Å². The lowest BCUT2D eigenvalue weighted by Crippen LogP contribution is -2.25. The molecule has 0 radical (unpaired) electrons. The number of nitrogens with zero attached hydrogens (tertiary/aromatic N) is 2. The van der Waals surface area contributed by atoms with E-state index in [9.17, 15) is 4.79 Å². The van der Waals surface area contributed by atoms with Crippen LogP contribution in [0.15, 0.2) is 30.5 Å². The van der Waals surface area contributed by atoms with Gasteiger partial charge in [0, 0.05) is 18.1 Å². The number of aromatic nitrogens is 1. The minimum atomic E-state index is -0.350. The Labute approximate surface area is 167 Å². The summed E-state index contributed by atoms with van der Waals surface area (Å²) >= 11 is 0. The lowest BCUT2D eigenvalue weighted by Gasteiger charge is -2.17. The third kappa shape index (κ3) is 6.98. The molecule has 1 heterocycles. The molecule has 0 saturated carbocycles. The van der Waals surface area contributed by atoms with Crippen molar-refractivity contribution in [1.82, 2.24) is 9.88 Å². The molecule has 0 aliphatic carbocycles. The molecule has 2 aromatic rings. The molecule has 0 unspecified atom stereocenters. The van der Waals surface area contributed by atoms with Crippen LogP contribution in [0.25, 0.3) is 10.9 Å². The van der Waals surface area contributed by atoms with Crippen LogP contribution in [-0.2, 0) is 4.74 Å². The second kappa shape index (κ2) is 12.7. The molecular weight excluding hydrogens is 375 g/mol. The second-order valence-corrected chi connectivity index (χ2v) is 5.53. The molecule has 5 nitrogen and oxygen atoms in total. The van der Waals surface area contributed by atoms with Gasteiger partial charge in [-0.05, 0) is 50.7 Å². The number of rotatable bonds is 9. The predicted molar refractivity (Wildman–Crippen MR) is 110 cm³/mol. The molecule has 0 N–H and O–H groups in total. The van der Waals surface area contributed by atoms with Crippen molar-refractivity contribution in [2.75, 3.05) is 32.8 Å². The van der Waals surface area contributed by atoms with Crippen molar-refractivity contribution in [3.63, 3.8) is 0 Å². The van der Waals surface area contributed by atoms with E-state index in [0.29, 0.717) is 18.8 Å². The van der Waals surface area contributed by atoms with Crippen LogP contribution in [0.4, 0.5) is 0 Å². The van der Waals surface area contributed by atoms with E-state index in [0.717, 1.165) is 42.7 Å². The first-order valence-electron chi connectivity index (χ1n) is 8.60. The fourth-order valence-electron chi connectivity index (χ4n) is 2.54. The van der Waals surface area contributed by atoms with Crippen LogP contribution in [0, 0.1) is 0 Å². The molecular formula is C19H28Cl2N2O3. The number of halogens is 2. The maximum absolute atomic E-state index is 11.8. The Morgan fingerprint density at radius 2 is 1.85 bits per heavy atom. The Balaban J connectivity index is 0.00000312. The van der Waals surface area contributed by atoms with Crippen molar-refractivity contribution in [2.45, 2.75) is 27.2 Å². The highest BCUT2D eigenvalue weighted by molar-refractivity contribution is 5.93. The van der Waals surface area contributed by atoms with Gasteiger partial charge in [-0.25, -0.2) is 4.79 Å². The average molecular weight is 403 g/mol. The van der Waals surface area contributed by atoms with E-state index >= 15 is 0 Å². The maximum atomic E-state index is 11.8. The minimum absolute atomic E-state index is 0. The van der Waals surface area contributed by atoms with Crippen LogP contribution in [0.3, 0.4) is 0 Å². The van der Waals surface area contributed by atoms with Crippen LogP contribution >= 0.6 is 24.8 Å². The summed E-state index contributed by atoms with van der Waals surface area (Å²) in [5, 5.41) is 0.877. The maximum Gasteiger partial charge on any atom is 0.339 e. The van der Waals surface area contributed by atoms with E-state index in [4.69, 9.17) is 9.47 Å². The van der Waals surface area contributed by atoms with Crippen molar-refractivity contribution in [2.24, 2.45) is 0 Å². The largest absolute Gasteiger partial charge is 0.494 e. The Morgan fingerprint density at radius 1 is 1.12 bits per heavy atom. The van der Waals surface area contributed by atoms with Gasteiger partial charge in [-0.15, -0.1) is 24.8 Å². The van der Waals surface area contributed by atoms with Gasteiger partial charge in [0.25, 0.3) is 0 Å². The van der Waals surface area contributed by atoms with Crippen LogP contribution in [-0.4, -0.2) is 48.7 Å². The molecule has 0 fully saturated rings. The second-order valence-electron chi connectivity index (χ2n) is 5.53. The molecule has 0 bridgehead atoms. The van der Waals surface area contributed by atoms with E-state index in [2.05, 4.69) is 23.7 Å². The lowest BCUT2D eigenvalue weighted by molar-refractivity contribution is 0.0526. The summed E-state index contributed by atoms with van der Waals surface area (Å²) in [6.07, 6.45) is 2.53. The molecule has 1 aromatic carbocycles. The highest BCUT2D eigenvalue weighted by atomic mass is 35.5. The third-order valence-electron chi connectivity index (χ3n) is 3.95. The molecule has 1 aromatic heterocycles. The predicted octanol–water partition coefficient (Wildman–Crippen LogP) is 4.37. The normalized spacial score (nSPS) is 10.2. The molecule has 0 amide bonds. The standard InChI is InChI=1S/C19H26N2O3.2ClH/c1-4-21(5-2)10-7-11-24-17-8-9-18-15(13-17)12-16(14-20-18)19(22)23-6-3;;/h8-9,12-14H,4-7,10-11H2,1-3H3;2*1H. The first-order valence-corrected chi connectivity index (χ1v) is 8.60. The van der Waals surface area contributed by atoms with Gasteiger partial charge < -0.3 is 14.4 Å². The third-order valence-corrected chi connectivity index (χ3v) is 3.95. The van der Waals surface area contributed by atoms with Crippen LogP contribution in [0.2, 0.25) is 0 Å². The zero-order chi connectivity index (χ0) is 17.4. The molecule has 146 valence electrons. The number of carbonyl (C=O) groups is 1. The number of esters is 1. The fraction of sp³-hybridized carbons (Fsp3) is 0.474. The molecule has 26 heavy (non-hydrogen) atoms. The summed E-state index contributed by atoms with van der Waals surface area (Å²) in [4.78, 5) is 18.5. The van der Waals surface area contributed by atoms with E-state index in [-0.39, 0.29) is 30.8 Å². The van der Waals surface area contributed by atoms with Crippen molar-refractivity contribution in [1.29, 1.82) is 0 Å². The Morgan fingerprint density at radius 3 is 2.50 bits per heavy atom. The van der Waals surface area contributed by atoms with E-state index in [1.165, 1.54) is 0 Å². The number of hydrogen-bond donors (Lipinski definition) is 0. The fourth-order valence-corrected chi connectivity index (χ4v) is 2.54. The SMILES string of the molecule is CCOC(=O)c1cnc2ccc(OCCCN(CC)CC)cc2c1.Cl.Cl. The summed E-state index contributed by atoms with van der Waals surface area (Å²) in [7, 11) is 0. The Bertz CT molecular complexity index is 679. The number of pyridine rings is 1. The van der Waals surface area contributed by atoms with Crippen molar-refractivity contribution in [3.8, 4) is 5.75 Å². The van der Waals surface area contributed by atoms with Gasteiger partial charge in [-0.2, -0.15) is 0 Å². The number of carbonyl (C=O) groups excluding carboxylic acids is 1. The Kier molecular flexibility index (Phi) is 12.0. The molecule has 0 saturated heterocycles. The van der Waals surface area contributed by atoms with Crippen LogP contribution in [0.1, 0.15) is 37.6 Å². The summed E-state index contributed by atoms with van der Waals surface area (Å²) in [5.74, 6) is 0.447. The number of fused-ring (bicyclic) bond motifs is 1. The lowest BCUT2D eigenvalue weighted by atomic mass is 10.1. The van der Waals surface area contributed by atoms with Crippen molar-refractivity contribution in [3.05, 3.63) is 36.0 Å². The van der Waals surface area contributed by atoms with Gasteiger partial charge in [0.15, 0.2) is 0 Å². The van der Waals surface area contributed by atoms with Gasteiger partial charge in [-0.1, -0.05) is 13.8 Å². The summed E-state index contributed by atoms with van der Waals surface area (Å²) in [6, 6.07) is 7.53. The van der Waals surface area contributed by atoms with E-state index in [1.807, 2.05) is 18.2 Å². The van der Waals surface area contributed by atoms with Gasteiger partial charge >= 0.3 is 5.97 Å². The molecule has 0 aliphatic heterocycles. The zero-order valence-corrected chi connectivity index (χ0v) is 17.2. The molecule has 0 atom stereocenters. The quantitative estimate of drug-likeness (QED) is 0.460. The number of ether oxygens (including phenoxy) is 2. The summed E-state index contributed by atoms with van der Waals surface area (Å²) < 4.78 is 10.8. The van der Waals surface area contributed by atoms with Gasteiger partial charge in [-0.3, -0.25) is 4.98 Å². The van der Waals surface area contributed by atoms with E-state index < -0.39 is 0 Å². The van der Waals surface area contributed by atoms with Crippen LogP contribution in [0.5, 0.6) is 5.75 Å². The highest BCUT2D eigenvalue weighted by Gasteiger charge is 2.08. The average Bonchev–Trinajstić information content (AvgIpc) is 2.61. The van der Waals surface area contributed by atoms with Gasteiger partial charge in [0.2, 0.25) is 0 Å². The first kappa shape index (κ1) is 24.4.